The van der Waals surface area contributed by atoms with E-state index in [2.05, 4.69) is 29.5 Å². The van der Waals surface area contributed by atoms with Crippen molar-refractivity contribution in [2.24, 2.45) is 5.92 Å². The number of hydrogen-bond acceptors (Lipinski definition) is 5. The van der Waals surface area contributed by atoms with E-state index in [1.165, 1.54) is 11.3 Å². The molecule has 0 radical (unpaired) electrons. The van der Waals surface area contributed by atoms with Crippen LogP contribution < -0.4 is 15.4 Å². The smallest absolute Gasteiger partial charge is 0.257 e. The summed E-state index contributed by atoms with van der Waals surface area (Å²) >= 11 is 1.30. The van der Waals surface area contributed by atoms with Crippen molar-refractivity contribution in [3.8, 4) is 5.75 Å². The normalized spacial score (nSPS) is 10.6. The van der Waals surface area contributed by atoms with Gasteiger partial charge in [0.15, 0.2) is 5.13 Å². The molecule has 134 valence electrons. The molecule has 2 rings (SSSR count). The Kier molecular flexibility index (Phi) is 6.94. The molecule has 7 heteroatoms. The summed E-state index contributed by atoms with van der Waals surface area (Å²) in [5.41, 5.74) is 1.17. The summed E-state index contributed by atoms with van der Waals surface area (Å²) < 4.78 is 5.07. The Morgan fingerprint density at radius 2 is 1.96 bits per heavy atom. The fourth-order valence-corrected chi connectivity index (χ4v) is 2.79. The van der Waals surface area contributed by atoms with Crippen LogP contribution in [0.4, 0.5) is 5.13 Å². The lowest BCUT2D eigenvalue weighted by atomic mass is 10.1. The van der Waals surface area contributed by atoms with Crippen molar-refractivity contribution in [1.29, 1.82) is 0 Å². The fraction of sp³-hybridized carbons (Fsp3) is 0.389. The summed E-state index contributed by atoms with van der Waals surface area (Å²) in [6.45, 7) is 4.90. The maximum atomic E-state index is 12.2. The van der Waals surface area contributed by atoms with E-state index in [9.17, 15) is 9.59 Å². The van der Waals surface area contributed by atoms with Crippen LogP contribution in [0.1, 0.15) is 36.3 Å². The lowest BCUT2D eigenvalue weighted by Gasteiger charge is -2.06. The molecule has 0 atom stereocenters. The van der Waals surface area contributed by atoms with E-state index in [-0.39, 0.29) is 18.2 Å². The Bertz CT molecular complexity index is 711. The molecule has 2 N–H and O–H groups in total. The summed E-state index contributed by atoms with van der Waals surface area (Å²) in [5.74, 6) is 0.944. The van der Waals surface area contributed by atoms with Gasteiger partial charge in [-0.2, -0.15) is 0 Å². The first-order chi connectivity index (χ1) is 12.0. The molecule has 0 spiro atoms. The van der Waals surface area contributed by atoms with Crippen molar-refractivity contribution >= 4 is 28.3 Å². The predicted molar refractivity (Wildman–Crippen MR) is 99.2 cm³/mol. The standard InChI is InChI=1S/C18H23N3O3S/c1-12(2)8-9-19-16(22)10-14-11-25-18(20-14)21-17(23)13-4-6-15(24-3)7-5-13/h4-7,11-12H,8-10H2,1-3H3,(H,19,22)(H,20,21,23). The molecule has 0 bridgehead atoms. The molecule has 2 amide bonds. The van der Waals surface area contributed by atoms with Crippen LogP contribution in [0.5, 0.6) is 5.75 Å². The zero-order valence-electron chi connectivity index (χ0n) is 14.7. The van der Waals surface area contributed by atoms with Crippen molar-refractivity contribution in [1.82, 2.24) is 10.3 Å². The van der Waals surface area contributed by atoms with Crippen LogP contribution in [0.15, 0.2) is 29.6 Å². The largest absolute Gasteiger partial charge is 0.497 e. The highest BCUT2D eigenvalue weighted by Crippen LogP contribution is 2.18. The average molecular weight is 361 g/mol. The second kappa shape index (κ2) is 9.17. The zero-order valence-corrected chi connectivity index (χ0v) is 15.5. The van der Waals surface area contributed by atoms with Gasteiger partial charge < -0.3 is 10.1 Å². The third kappa shape index (κ3) is 6.19. The minimum absolute atomic E-state index is 0.0565. The van der Waals surface area contributed by atoms with Crippen LogP contribution in [0, 0.1) is 5.92 Å². The Labute approximate surface area is 151 Å². The molecule has 1 aromatic carbocycles. The molecule has 0 saturated carbocycles. The maximum absolute atomic E-state index is 12.2. The minimum Gasteiger partial charge on any atom is -0.497 e. The van der Waals surface area contributed by atoms with Crippen LogP contribution >= 0.6 is 11.3 Å². The number of aromatic nitrogens is 1. The number of nitrogens with zero attached hydrogens (tertiary/aromatic N) is 1. The molecule has 0 saturated heterocycles. The highest BCUT2D eigenvalue weighted by atomic mass is 32.1. The Morgan fingerprint density at radius 3 is 2.60 bits per heavy atom. The summed E-state index contributed by atoms with van der Waals surface area (Å²) in [6, 6.07) is 6.82. The Balaban J connectivity index is 1.85. The number of hydrogen-bond donors (Lipinski definition) is 2. The van der Waals surface area contributed by atoms with E-state index >= 15 is 0 Å². The molecule has 0 aliphatic rings. The van der Waals surface area contributed by atoms with Gasteiger partial charge in [0.05, 0.1) is 19.2 Å². The molecule has 0 aliphatic heterocycles. The van der Waals surface area contributed by atoms with E-state index in [1.54, 1.807) is 36.8 Å². The monoisotopic (exact) mass is 361 g/mol. The van der Waals surface area contributed by atoms with Crippen LogP contribution in [0.3, 0.4) is 0 Å². The van der Waals surface area contributed by atoms with Gasteiger partial charge in [0.1, 0.15) is 5.75 Å². The number of rotatable bonds is 8. The van der Waals surface area contributed by atoms with E-state index in [1.807, 2.05) is 0 Å². The highest BCUT2D eigenvalue weighted by Gasteiger charge is 2.11. The number of nitrogens with one attached hydrogen (secondary N) is 2. The molecule has 0 aliphatic carbocycles. The van der Waals surface area contributed by atoms with E-state index in [0.29, 0.717) is 34.6 Å². The van der Waals surface area contributed by atoms with Gasteiger partial charge in [-0.25, -0.2) is 4.98 Å². The maximum Gasteiger partial charge on any atom is 0.257 e. The molecule has 2 aromatic rings. The van der Waals surface area contributed by atoms with Gasteiger partial charge in [-0.15, -0.1) is 11.3 Å². The molecule has 0 fully saturated rings. The SMILES string of the molecule is COc1ccc(C(=O)Nc2nc(CC(=O)NCCC(C)C)cs2)cc1. The third-order valence-corrected chi connectivity index (χ3v) is 4.32. The van der Waals surface area contributed by atoms with Gasteiger partial charge in [-0.1, -0.05) is 13.8 Å². The zero-order chi connectivity index (χ0) is 18.2. The third-order valence-electron chi connectivity index (χ3n) is 3.51. The lowest BCUT2D eigenvalue weighted by Crippen LogP contribution is -2.27. The Hall–Kier alpha value is -2.41. The quantitative estimate of drug-likeness (QED) is 0.757. The van der Waals surface area contributed by atoms with Crippen LogP contribution in [-0.2, 0) is 11.2 Å². The van der Waals surface area contributed by atoms with Crippen LogP contribution in [-0.4, -0.2) is 30.5 Å². The molecule has 25 heavy (non-hydrogen) atoms. The van der Waals surface area contributed by atoms with Gasteiger partial charge >= 0.3 is 0 Å². The van der Waals surface area contributed by atoms with Crippen molar-refractivity contribution in [3.63, 3.8) is 0 Å². The molecule has 0 unspecified atom stereocenters. The van der Waals surface area contributed by atoms with E-state index < -0.39 is 0 Å². The van der Waals surface area contributed by atoms with Gasteiger partial charge in [-0.3, -0.25) is 14.9 Å². The van der Waals surface area contributed by atoms with E-state index in [4.69, 9.17) is 4.74 Å². The first-order valence-electron chi connectivity index (χ1n) is 8.14. The molecular formula is C18H23N3O3S. The first kappa shape index (κ1) is 18.9. The molecule has 1 heterocycles. The van der Waals surface area contributed by atoms with Crippen molar-refractivity contribution in [2.45, 2.75) is 26.7 Å². The van der Waals surface area contributed by atoms with Gasteiger partial charge in [0, 0.05) is 17.5 Å². The number of ether oxygens (including phenoxy) is 1. The van der Waals surface area contributed by atoms with Crippen molar-refractivity contribution in [3.05, 3.63) is 40.9 Å². The number of amides is 2. The molecular weight excluding hydrogens is 338 g/mol. The first-order valence-corrected chi connectivity index (χ1v) is 9.02. The summed E-state index contributed by atoms with van der Waals surface area (Å²) in [6.07, 6.45) is 1.17. The fourth-order valence-electron chi connectivity index (χ4n) is 2.08. The number of benzene rings is 1. The van der Waals surface area contributed by atoms with Gasteiger partial charge in [-0.05, 0) is 36.6 Å². The topological polar surface area (TPSA) is 80.3 Å². The minimum atomic E-state index is -0.245. The summed E-state index contributed by atoms with van der Waals surface area (Å²) in [4.78, 5) is 28.3. The number of carbonyl (C=O) groups is 2. The second-order valence-electron chi connectivity index (χ2n) is 6.04. The predicted octanol–water partition coefficient (Wildman–Crippen LogP) is 3.11. The molecule has 1 aromatic heterocycles. The van der Waals surface area contributed by atoms with Crippen LogP contribution in [0.2, 0.25) is 0 Å². The van der Waals surface area contributed by atoms with Crippen LogP contribution in [0.25, 0.3) is 0 Å². The summed E-state index contributed by atoms with van der Waals surface area (Å²) in [7, 11) is 1.57. The van der Waals surface area contributed by atoms with E-state index in [0.717, 1.165) is 6.42 Å². The number of methoxy groups -OCH3 is 1. The van der Waals surface area contributed by atoms with Gasteiger partial charge in [0.25, 0.3) is 5.91 Å². The van der Waals surface area contributed by atoms with Crippen molar-refractivity contribution in [2.75, 3.05) is 19.0 Å². The average Bonchev–Trinajstić information content (AvgIpc) is 3.01. The summed E-state index contributed by atoms with van der Waals surface area (Å²) in [5, 5.41) is 7.88. The lowest BCUT2D eigenvalue weighted by molar-refractivity contribution is -0.120. The van der Waals surface area contributed by atoms with Crippen molar-refractivity contribution < 1.29 is 14.3 Å². The van der Waals surface area contributed by atoms with Gasteiger partial charge in [0.2, 0.25) is 5.91 Å². The molecule has 6 nitrogen and oxygen atoms in total. The number of thiazole rings is 1. The highest BCUT2D eigenvalue weighted by molar-refractivity contribution is 7.14. The number of anilines is 1. The number of carbonyl (C=O) groups excluding carboxylic acids is 2. The Morgan fingerprint density at radius 1 is 1.24 bits per heavy atom. The second-order valence-corrected chi connectivity index (χ2v) is 6.89.